The van der Waals surface area contributed by atoms with Crippen molar-refractivity contribution in [3.05, 3.63) is 76.6 Å². The molecule has 1 amide bonds. The first-order valence-electron chi connectivity index (χ1n) is 9.53. The van der Waals surface area contributed by atoms with Crippen molar-refractivity contribution >= 4 is 23.3 Å². The van der Waals surface area contributed by atoms with Crippen LogP contribution in [-0.4, -0.2) is 29.4 Å². The van der Waals surface area contributed by atoms with Gasteiger partial charge in [0.05, 0.1) is 23.8 Å². The van der Waals surface area contributed by atoms with Crippen molar-refractivity contribution in [3.63, 3.8) is 0 Å². The number of anilines is 1. The number of aliphatic hydroxyl groups excluding tert-OH is 1. The molecule has 2 aromatic rings. The highest BCUT2D eigenvalue weighted by atomic mass is 16.5. The van der Waals surface area contributed by atoms with E-state index in [1.165, 1.54) is 4.90 Å². The molecule has 2 aromatic carbocycles. The molecular weight excluding hydrogens is 370 g/mol. The lowest BCUT2D eigenvalue weighted by molar-refractivity contribution is -0.118. The summed E-state index contributed by atoms with van der Waals surface area (Å²) in [7, 11) is 0. The number of amides is 1. The number of ether oxygens (including phenoxy) is 1. The molecule has 29 heavy (non-hydrogen) atoms. The van der Waals surface area contributed by atoms with Crippen molar-refractivity contribution in [2.75, 3.05) is 11.5 Å². The molecule has 6 nitrogen and oxygen atoms in total. The minimum atomic E-state index is -0.732. The van der Waals surface area contributed by atoms with Crippen LogP contribution >= 0.6 is 0 Å². The number of hydrogen-bond donors (Lipinski definition) is 1. The number of esters is 1. The second-order valence-corrected chi connectivity index (χ2v) is 6.74. The van der Waals surface area contributed by atoms with Crippen LogP contribution in [0.15, 0.2) is 59.9 Å². The molecule has 0 saturated heterocycles. The lowest BCUT2D eigenvalue weighted by Crippen LogP contribution is -2.31. The minimum Gasteiger partial charge on any atom is -0.503 e. The van der Waals surface area contributed by atoms with Gasteiger partial charge in [0.2, 0.25) is 0 Å². The third kappa shape index (κ3) is 3.66. The fraction of sp³-hybridized carbons (Fsp3) is 0.261. The van der Waals surface area contributed by atoms with Gasteiger partial charge in [0.25, 0.3) is 5.91 Å². The standard InChI is InChI=1S/C23H23NO5/c1-4-18(25)19-20(17-9-7-6-8-14(17)3)24(22(27)21(19)26)16-12-10-15(11-13-16)23(28)29-5-2/h6-13,20,26H,4-5H2,1-3H3. The second-order valence-electron chi connectivity index (χ2n) is 6.74. The highest BCUT2D eigenvalue weighted by Gasteiger charge is 2.44. The first-order valence-corrected chi connectivity index (χ1v) is 9.53. The summed E-state index contributed by atoms with van der Waals surface area (Å²) in [6.07, 6.45) is 0.171. The number of aryl methyl sites for hydroxylation is 1. The van der Waals surface area contributed by atoms with Crippen LogP contribution in [0.2, 0.25) is 0 Å². The molecule has 1 aliphatic rings. The van der Waals surface area contributed by atoms with Crippen LogP contribution in [0, 0.1) is 6.92 Å². The van der Waals surface area contributed by atoms with Crippen molar-refractivity contribution in [1.82, 2.24) is 0 Å². The Hall–Kier alpha value is -3.41. The fourth-order valence-electron chi connectivity index (χ4n) is 3.51. The number of hydrogen-bond acceptors (Lipinski definition) is 5. The third-order valence-electron chi connectivity index (χ3n) is 4.97. The number of Topliss-reactive ketones (excluding diaryl/α,β-unsaturated/α-hetero) is 1. The maximum absolute atomic E-state index is 12.9. The number of carbonyl (C=O) groups excluding carboxylic acids is 3. The molecular formula is C23H23NO5. The molecule has 1 heterocycles. The van der Waals surface area contributed by atoms with Crippen molar-refractivity contribution < 1.29 is 24.2 Å². The van der Waals surface area contributed by atoms with Crippen molar-refractivity contribution in [1.29, 1.82) is 0 Å². The molecule has 0 spiro atoms. The van der Waals surface area contributed by atoms with Crippen LogP contribution < -0.4 is 4.90 Å². The van der Waals surface area contributed by atoms with Crippen LogP contribution in [0.4, 0.5) is 5.69 Å². The molecule has 1 N–H and O–H groups in total. The van der Waals surface area contributed by atoms with Crippen molar-refractivity contribution in [3.8, 4) is 0 Å². The van der Waals surface area contributed by atoms with Gasteiger partial charge in [-0.2, -0.15) is 0 Å². The molecule has 0 aliphatic carbocycles. The van der Waals surface area contributed by atoms with Gasteiger partial charge in [0, 0.05) is 12.1 Å². The van der Waals surface area contributed by atoms with E-state index in [9.17, 15) is 19.5 Å². The van der Waals surface area contributed by atoms with E-state index in [1.807, 2.05) is 31.2 Å². The van der Waals surface area contributed by atoms with Crippen LogP contribution in [0.1, 0.15) is 47.8 Å². The van der Waals surface area contributed by atoms with Gasteiger partial charge in [-0.15, -0.1) is 0 Å². The predicted octanol–water partition coefficient (Wildman–Crippen LogP) is 4.05. The second kappa shape index (κ2) is 8.31. The quantitative estimate of drug-likeness (QED) is 0.749. The first kappa shape index (κ1) is 20.3. The monoisotopic (exact) mass is 393 g/mol. The average Bonchev–Trinajstić information content (AvgIpc) is 2.99. The van der Waals surface area contributed by atoms with Gasteiger partial charge < -0.3 is 9.84 Å². The molecule has 0 fully saturated rings. The molecule has 1 atom stereocenters. The van der Waals surface area contributed by atoms with Crippen molar-refractivity contribution in [2.24, 2.45) is 0 Å². The first-order chi connectivity index (χ1) is 13.9. The SMILES string of the molecule is CCOC(=O)c1ccc(N2C(=O)C(O)=C(C(=O)CC)C2c2ccccc2C)cc1. The molecule has 0 saturated carbocycles. The van der Waals surface area contributed by atoms with Gasteiger partial charge in [-0.1, -0.05) is 31.2 Å². The van der Waals surface area contributed by atoms with Gasteiger partial charge in [-0.05, 0) is 49.2 Å². The molecule has 0 bridgehead atoms. The highest BCUT2D eigenvalue weighted by molar-refractivity contribution is 6.16. The van der Waals surface area contributed by atoms with Crippen LogP contribution in [-0.2, 0) is 14.3 Å². The molecule has 1 unspecified atom stereocenters. The summed E-state index contributed by atoms with van der Waals surface area (Å²) in [5.74, 6) is -1.90. The molecule has 0 radical (unpaired) electrons. The normalized spacial score (nSPS) is 16.3. The van der Waals surface area contributed by atoms with E-state index in [1.54, 1.807) is 38.1 Å². The summed E-state index contributed by atoms with van der Waals surface area (Å²) < 4.78 is 4.99. The summed E-state index contributed by atoms with van der Waals surface area (Å²) in [6.45, 7) is 5.58. The number of benzene rings is 2. The largest absolute Gasteiger partial charge is 0.503 e. The van der Waals surface area contributed by atoms with E-state index in [0.717, 1.165) is 11.1 Å². The maximum atomic E-state index is 12.9. The molecule has 6 heteroatoms. The van der Waals surface area contributed by atoms with Gasteiger partial charge in [0.1, 0.15) is 0 Å². The zero-order valence-corrected chi connectivity index (χ0v) is 16.6. The number of aliphatic hydroxyl groups is 1. The average molecular weight is 393 g/mol. The van der Waals surface area contributed by atoms with Gasteiger partial charge in [0.15, 0.2) is 11.5 Å². The van der Waals surface area contributed by atoms with Gasteiger partial charge >= 0.3 is 5.97 Å². The third-order valence-corrected chi connectivity index (χ3v) is 4.97. The van der Waals surface area contributed by atoms with Crippen LogP contribution in [0.5, 0.6) is 0 Å². The Bertz CT molecular complexity index is 991. The predicted molar refractivity (Wildman–Crippen MR) is 109 cm³/mol. The minimum absolute atomic E-state index is 0.0984. The maximum Gasteiger partial charge on any atom is 0.338 e. The Morgan fingerprint density at radius 2 is 1.72 bits per heavy atom. The molecule has 150 valence electrons. The molecule has 3 rings (SSSR count). The lowest BCUT2D eigenvalue weighted by Gasteiger charge is -2.28. The summed E-state index contributed by atoms with van der Waals surface area (Å²) in [4.78, 5) is 38.8. The summed E-state index contributed by atoms with van der Waals surface area (Å²) >= 11 is 0. The van der Waals surface area contributed by atoms with Crippen LogP contribution in [0.25, 0.3) is 0 Å². The smallest absolute Gasteiger partial charge is 0.338 e. The number of carbonyl (C=O) groups is 3. The van der Waals surface area contributed by atoms with Crippen LogP contribution in [0.3, 0.4) is 0 Å². The molecule has 1 aliphatic heterocycles. The fourth-order valence-corrected chi connectivity index (χ4v) is 3.51. The van der Waals surface area contributed by atoms with Gasteiger partial charge in [-0.25, -0.2) is 4.79 Å². The Balaban J connectivity index is 2.09. The van der Waals surface area contributed by atoms with E-state index in [-0.39, 0.29) is 24.4 Å². The summed E-state index contributed by atoms with van der Waals surface area (Å²) in [5, 5.41) is 10.5. The summed E-state index contributed by atoms with van der Waals surface area (Å²) in [6, 6.07) is 13.1. The number of ketones is 1. The Labute approximate surface area is 169 Å². The van der Waals surface area contributed by atoms with Gasteiger partial charge in [-0.3, -0.25) is 14.5 Å². The Kier molecular flexibility index (Phi) is 5.82. The zero-order valence-electron chi connectivity index (χ0n) is 16.6. The highest BCUT2D eigenvalue weighted by Crippen LogP contribution is 2.42. The molecule has 0 aromatic heterocycles. The van der Waals surface area contributed by atoms with E-state index >= 15 is 0 Å². The topological polar surface area (TPSA) is 83.9 Å². The number of nitrogens with zero attached hydrogens (tertiary/aromatic N) is 1. The lowest BCUT2D eigenvalue weighted by atomic mass is 9.92. The Morgan fingerprint density at radius 3 is 2.31 bits per heavy atom. The number of rotatable bonds is 6. The summed E-state index contributed by atoms with van der Waals surface area (Å²) in [5.41, 5.74) is 2.59. The Morgan fingerprint density at radius 1 is 1.07 bits per heavy atom. The van der Waals surface area contributed by atoms with Crippen molar-refractivity contribution in [2.45, 2.75) is 33.2 Å². The van der Waals surface area contributed by atoms with E-state index < -0.39 is 23.7 Å². The van der Waals surface area contributed by atoms with E-state index in [0.29, 0.717) is 11.3 Å². The van der Waals surface area contributed by atoms with E-state index in [4.69, 9.17) is 4.74 Å². The zero-order chi connectivity index (χ0) is 21.1. The van der Waals surface area contributed by atoms with E-state index in [2.05, 4.69) is 0 Å².